The SMILES string of the molecule is CCC(=O)NCC[n+]1c(C=C2C(=O)C(/C=C3\Sc4ccccc4N3CC)=C2[O-])sc2ccccc21. The minimum atomic E-state index is -0.224. The summed E-state index contributed by atoms with van der Waals surface area (Å²) in [6.07, 6.45) is 3.87. The van der Waals surface area contributed by atoms with Gasteiger partial charge in [-0.25, -0.2) is 0 Å². The van der Waals surface area contributed by atoms with Gasteiger partial charge in [0.15, 0.2) is 12.3 Å². The maximum Gasteiger partial charge on any atom is 0.263 e. The Balaban J connectivity index is 1.45. The van der Waals surface area contributed by atoms with E-state index in [1.54, 1.807) is 23.9 Å². The molecule has 6 nitrogen and oxygen atoms in total. The number of allylic oxidation sites excluding steroid dienone is 3. The van der Waals surface area contributed by atoms with Crippen LogP contribution in [0.2, 0.25) is 0 Å². The highest BCUT2D eigenvalue weighted by Gasteiger charge is 2.31. The Morgan fingerprint density at radius 3 is 2.66 bits per heavy atom. The van der Waals surface area contributed by atoms with Crippen molar-refractivity contribution in [3.8, 4) is 0 Å². The first-order chi connectivity index (χ1) is 17.0. The number of nitrogens with one attached hydrogen (secondary N) is 1. The molecule has 35 heavy (non-hydrogen) atoms. The number of Topliss-reactive ketones (excluding diaryl/α,β-unsaturated/α-hetero) is 1. The number of nitrogens with zero attached hydrogens (tertiary/aromatic N) is 2. The molecule has 1 aromatic heterocycles. The third kappa shape index (κ3) is 4.28. The molecule has 2 aliphatic rings. The number of hydrogen-bond acceptors (Lipinski definition) is 6. The third-order valence-electron chi connectivity index (χ3n) is 6.08. The van der Waals surface area contributed by atoms with E-state index in [0.717, 1.165) is 37.4 Å². The van der Waals surface area contributed by atoms with Gasteiger partial charge in [-0.05, 0) is 31.2 Å². The van der Waals surface area contributed by atoms with Crippen molar-refractivity contribution in [3.63, 3.8) is 0 Å². The van der Waals surface area contributed by atoms with Crippen molar-refractivity contribution in [2.45, 2.75) is 31.7 Å². The number of thiazole rings is 1. The normalized spacial score (nSPS) is 17.4. The van der Waals surface area contributed by atoms with E-state index in [9.17, 15) is 14.7 Å². The van der Waals surface area contributed by atoms with Crippen LogP contribution in [-0.4, -0.2) is 24.8 Å². The van der Waals surface area contributed by atoms with E-state index < -0.39 is 0 Å². The molecule has 2 heterocycles. The van der Waals surface area contributed by atoms with Crippen LogP contribution < -0.4 is 19.9 Å². The summed E-state index contributed by atoms with van der Waals surface area (Å²) in [6, 6.07) is 16.0. The molecule has 0 atom stereocenters. The van der Waals surface area contributed by atoms with Crippen LogP contribution in [0.25, 0.3) is 16.3 Å². The van der Waals surface area contributed by atoms with Gasteiger partial charge in [-0.1, -0.05) is 60.0 Å². The Hall–Kier alpha value is -3.36. The molecule has 0 fully saturated rings. The number of hydrogen-bond donors (Lipinski definition) is 1. The number of carbonyl (C=O) groups excluding carboxylic acids is 2. The maximum absolute atomic E-state index is 13.0. The molecule has 0 unspecified atom stereocenters. The Labute approximate surface area is 212 Å². The number of ketones is 1. The first-order valence-electron chi connectivity index (χ1n) is 11.6. The lowest BCUT2D eigenvalue weighted by atomic mass is 9.88. The van der Waals surface area contributed by atoms with Gasteiger partial charge in [0.1, 0.15) is 4.70 Å². The fourth-order valence-corrected chi connectivity index (χ4v) is 6.55. The van der Waals surface area contributed by atoms with Crippen LogP contribution >= 0.6 is 23.1 Å². The van der Waals surface area contributed by atoms with Crippen molar-refractivity contribution < 1.29 is 19.3 Å². The molecule has 1 aliphatic heterocycles. The average molecular weight is 504 g/mol. The third-order valence-corrected chi connectivity index (χ3v) is 8.31. The number of benzene rings is 2. The quantitative estimate of drug-likeness (QED) is 0.392. The Morgan fingerprint density at radius 1 is 1.11 bits per heavy atom. The van der Waals surface area contributed by atoms with Gasteiger partial charge in [0, 0.05) is 41.1 Å². The fraction of sp³-hybridized carbons (Fsp3) is 0.222. The molecule has 1 N–H and O–H groups in total. The molecule has 0 bridgehead atoms. The van der Waals surface area contributed by atoms with E-state index in [-0.39, 0.29) is 28.6 Å². The van der Waals surface area contributed by atoms with Crippen molar-refractivity contribution in [1.29, 1.82) is 0 Å². The van der Waals surface area contributed by atoms with Crippen LogP contribution in [0.4, 0.5) is 5.69 Å². The van der Waals surface area contributed by atoms with Gasteiger partial charge in [-0.3, -0.25) is 9.59 Å². The van der Waals surface area contributed by atoms with Gasteiger partial charge in [-0.2, -0.15) is 4.57 Å². The number of para-hydroxylation sites is 2. The number of anilines is 1. The summed E-state index contributed by atoms with van der Waals surface area (Å²) in [4.78, 5) is 28.0. The van der Waals surface area contributed by atoms with Gasteiger partial charge in [0.2, 0.25) is 11.4 Å². The second-order valence-electron chi connectivity index (χ2n) is 8.19. The van der Waals surface area contributed by atoms with E-state index in [2.05, 4.69) is 27.8 Å². The van der Waals surface area contributed by atoms with E-state index in [4.69, 9.17) is 0 Å². The van der Waals surface area contributed by atoms with Crippen LogP contribution in [0, 0.1) is 0 Å². The molecule has 1 aliphatic carbocycles. The summed E-state index contributed by atoms with van der Waals surface area (Å²) in [5.41, 5.74) is 2.55. The topological polar surface area (TPSA) is 76.4 Å². The lowest BCUT2D eigenvalue weighted by molar-refractivity contribution is -0.666. The predicted molar refractivity (Wildman–Crippen MR) is 139 cm³/mol. The average Bonchev–Trinajstić information content (AvgIpc) is 3.42. The van der Waals surface area contributed by atoms with Gasteiger partial charge < -0.3 is 15.3 Å². The Bertz CT molecular complexity index is 1430. The number of fused-ring (bicyclic) bond motifs is 2. The van der Waals surface area contributed by atoms with Crippen LogP contribution in [-0.2, 0) is 16.1 Å². The van der Waals surface area contributed by atoms with Crippen LogP contribution in [0.15, 0.2) is 81.4 Å². The molecule has 0 saturated carbocycles. The summed E-state index contributed by atoms with van der Waals surface area (Å²) in [7, 11) is 0. The zero-order valence-electron chi connectivity index (χ0n) is 19.5. The molecule has 2 aromatic carbocycles. The van der Waals surface area contributed by atoms with E-state index in [1.165, 1.54) is 11.3 Å². The molecule has 0 saturated heterocycles. The van der Waals surface area contributed by atoms with Crippen molar-refractivity contribution in [2.24, 2.45) is 0 Å². The second-order valence-corrected chi connectivity index (χ2v) is 10.3. The lowest BCUT2D eigenvalue weighted by Gasteiger charge is -2.29. The molecular weight excluding hydrogens is 478 g/mol. The Kier molecular flexibility index (Phi) is 6.49. The summed E-state index contributed by atoms with van der Waals surface area (Å²) in [5, 5.41) is 17.7. The fourth-order valence-electron chi connectivity index (χ4n) is 4.25. The molecule has 3 aromatic rings. The monoisotopic (exact) mass is 503 g/mol. The number of amides is 1. The number of rotatable bonds is 7. The summed E-state index contributed by atoms with van der Waals surface area (Å²) < 4.78 is 3.12. The first-order valence-corrected chi connectivity index (χ1v) is 13.3. The van der Waals surface area contributed by atoms with Crippen LogP contribution in [0.5, 0.6) is 0 Å². The predicted octanol–water partition coefficient (Wildman–Crippen LogP) is 3.77. The molecule has 178 valence electrons. The smallest absolute Gasteiger partial charge is 0.263 e. The number of aromatic nitrogens is 1. The minimum absolute atomic E-state index is 0.00489. The second kappa shape index (κ2) is 9.71. The van der Waals surface area contributed by atoms with Gasteiger partial charge in [-0.15, -0.1) is 0 Å². The highest BCUT2D eigenvalue weighted by atomic mass is 32.2. The molecular formula is C27H25N3O3S2. The van der Waals surface area contributed by atoms with E-state index in [0.29, 0.717) is 19.5 Å². The molecule has 1 amide bonds. The number of thioether (sulfide) groups is 1. The summed E-state index contributed by atoms with van der Waals surface area (Å²) in [5.74, 6) is -0.452. The lowest BCUT2D eigenvalue weighted by Crippen LogP contribution is -2.42. The largest absolute Gasteiger partial charge is 0.871 e. The standard InChI is InChI=1S/C27H25N3O3S2/c1-3-23(31)28-13-14-30-20-10-6-8-12-22(20)35-25(30)16-18-26(32)17(27(18)33)15-24-29(4-2)19-9-5-7-11-21(19)34-24/h5-12,15-16H,3-4,13-14H2,1-2H3,(H-,28,31,32,33). The van der Waals surface area contributed by atoms with Crippen molar-refractivity contribution in [2.75, 3.05) is 18.0 Å². The van der Waals surface area contributed by atoms with Crippen molar-refractivity contribution in [1.82, 2.24) is 5.32 Å². The van der Waals surface area contributed by atoms with Gasteiger partial charge in [0.05, 0.1) is 17.3 Å². The summed E-state index contributed by atoms with van der Waals surface area (Å²) >= 11 is 3.11. The molecule has 0 radical (unpaired) electrons. The van der Waals surface area contributed by atoms with E-state index in [1.807, 2.05) is 49.4 Å². The van der Waals surface area contributed by atoms with Crippen LogP contribution in [0.3, 0.4) is 0 Å². The zero-order chi connectivity index (χ0) is 24.5. The van der Waals surface area contributed by atoms with Gasteiger partial charge in [0.25, 0.3) is 5.01 Å². The molecule has 8 heteroatoms. The maximum atomic E-state index is 13.0. The molecule has 5 rings (SSSR count). The van der Waals surface area contributed by atoms with Gasteiger partial charge >= 0.3 is 0 Å². The molecule has 0 spiro atoms. The highest BCUT2D eigenvalue weighted by molar-refractivity contribution is 8.03. The number of carbonyl (C=O) groups is 2. The van der Waals surface area contributed by atoms with E-state index >= 15 is 0 Å². The zero-order valence-corrected chi connectivity index (χ0v) is 21.2. The van der Waals surface area contributed by atoms with Crippen molar-refractivity contribution >= 4 is 56.8 Å². The first kappa shape index (κ1) is 23.4. The van der Waals surface area contributed by atoms with Crippen LogP contribution in [0.1, 0.15) is 25.3 Å². The van der Waals surface area contributed by atoms with Crippen molar-refractivity contribution in [3.05, 3.63) is 81.5 Å². The summed E-state index contributed by atoms with van der Waals surface area (Å²) in [6.45, 7) is 5.66. The minimum Gasteiger partial charge on any atom is -0.871 e. The Morgan fingerprint density at radius 2 is 1.89 bits per heavy atom. The highest BCUT2D eigenvalue weighted by Crippen LogP contribution is 2.46.